The minimum Gasteiger partial charge on any atom is -0.399 e. The van der Waals surface area contributed by atoms with Crippen LogP contribution in [0.15, 0.2) is 25.0 Å². The van der Waals surface area contributed by atoms with Crippen molar-refractivity contribution < 1.29 is 0 Å². The molecule has 2 heteroatoms. The summed E-state index contributed by atoms with van der Waals surface area (Å²) in [6.45, 7) is 5.58. The zero-order valence-electron chi connectivity index (χ0n) is 5.96. The predicted octanol–water partition coefficient (Wildman–Crippen LogP) is 1.32. The molecule has 1 aromatic heterocycles. The average molecular weight is 134 g/mol. The Morgan fingerprint density at radius 2 is 2.30 bits per heavy atom. The lowest BCUT2D eigenvalue weighted by molar-refractivity contribution is 1.25. The number of aryl methyl sites for hydroxylation is 1. The zero-order valence-corrected chi connectivity index (χ0v) is 5.96. The standard InChI is InChI=1S/C8H10N2/c1-6-3-8(7(2)9)5-10-4-6/h3-5H,2,9H2,1H3. The molecule has 0 unspecified atom stereocenters. The van der Waals surface area contributed by atoms with Crippen LogP contribution in [-0.4, -0.2) is 4.98 Å². The molecule has 0 atom stereocenters. The van der Waals surface area contributed by atoms with Crippen molar-refractivity contribution in [3.63, 3.8) is 0 Å². The van der Waals surface area contributed by atoms with Gasteiger partial charge in [0.05, 0.1) is 0 Å². The Morgan fingerprint density at radius 1 is 1.60 bits per heavy atom. The van der Waals surface area contributed by atoms with Crippen molar-refractivity contribution in [1.29, 1.82) is 0 Å². The predicted molar refractivity (Wildman–Crippen MR) is 42.2 cm³/mol. The van der Waals surface area contributed by atoms with Gasteiger partial charge in [-0.3, -0.25) is 4.98 Å². The normalized spacial score (nSPS) is 9.30. The summed E-state index contributed by atoms with van der Waals surface area (Å²) in [5.74, 6) is 0. The molecule has 1 aromatic rings. The minimum atomic E-state index is 0.566. The summed E-state index contributed by atoms with van der Waals surface area (Å²) >= 11 is 0. The number of aromatic nitrogens is 1. The summed E-state index contributed by atoms with van der Waals surface area (Å²) in [4.78, 5) is 3.96. The molecule has 1 rings (SSSR count). The first-order chi connectivity index (χ1) is 4.70. The van der Waals surface area contributed by atoms with Gasteiger partial charge in [-0.1, -0.05) is 6.58 Å². The number of nitrogens with zero attached hydrogens (tertiary/aromatic N) is 1. The maximum atomic E-state index is 5.45. The Labute approximate surface area is 60.4 Å². The largest absolute Gasteiger partial charge is 0.399 e. The molecule has 52 valence electrons. The van der Waals surface area contributed by atoms with Crippen LogP contribution >= 0.6 is 0 Å². The van der Waals surface area contributed by atoms with E-state index in [-0.39, 0.29) is 0 Å². The summed E-state index contributed by atoms with van der Waals surface area (Å²) in [5, 5.41) is 0. The zero-order chi connectivity index (χ0) is 7.56. The fraction of sp³-hybridized carbons (Fsp3) is 0.125. The van der Waals surface area contributed by atoms with Gasteiger partial charge in [-0.15, -0.1) is 0 Å². The van der Waals surface area contributed by atoms with Crippen LogP contribution in [-0.2, 0) is 0 Å². The fourth-order valence-electron chi connectivity index (χ4n) is 0.731. The molecule has 0 amide bonds. The van der Waals surface area contributed by atoms with E-state index in [2.05, 4.69) is 11.6 Å². The average Bonchev–Trinajstić information content (AvgIpc) is 1.88. The summed E-state index contributed by atoms with van der Waals surface area (Å²) < 4.78 is 0. The number of rotatable bonds is 1. The third kappa shape index (κ3) is 1.35. The molecule has 0 bridgehead atoms. The van der Waals surface area contributed by atoms with E-state index in [1.807, 2.05) is 13.0 Å². The quantitative estimate of drug-likeness (QED) is 0.629. The van der Waals surface area contributed by atoms with Gasteiger partial charge in [0.1, 0.15) is 0 Å². The second-order valence-electron chi connectivity index (χ2n) is 2.28. The third-order valence-electron chi connectivity index (χ3n) is 1.25. The first kappa shape index (κ1) is 6.81. The summed E-state index contributed by atoms with van der Waals surface area (Å²) in [6, 6.07) is 1.95. The second kappa shape index (κ2) is 2.52. The van der Waals surface area contributed by atoms with Crippen LogP contribution in [0, 0.1) is 6.92 Å². The van der Waals surface area contributed by atoms with Crippen molar-refractivity contribution in [1.82, 2.24) is 4.98 Å². The van der Waals surface area contributed by atoms with Gasteiger partial charge in [0.25, 0.3) is 0 Å². The van der Waals surface area contributed by atoms with E-state index in [0.29, 0.717) is 5.70 Å². The van der Waals surface area contributed by atoms with Crippen LogP contribution in [0.4, 0.5) is 0 Å². The molecule has 0 aliphatic rings. The Hall–Kier alpha value is -1.31. The topological polar surface area (TPSA) is 38.9 Å². The maximum Gasteiger partial charge on any atom is 0.0360 e. The Kier molecular flexibility index (Phi) is 1.71. The molecular formula is C8H10N2. The molecule has 10 heavy (non-hydrogen) atoms. The van der Waals surface area contributed by atoms with E-state index in [1.165, 1.54) is 0 Å². The lowest BCUT2D eigenvalue weighted by Crippen LogP contribution is -1.94. The molecule has 2 nitrogen and oxygen atoms in total. The van der Waals surface area contributed by atoms with Gasteiger partial charge in [-0.05, 0) is 18.6 Å². The van der Waals surface area contributed by atoms with Crippen LogP contribution in [0.3, 0.4) is 0 Å². The van der Waals surface area contributed by atoms with Gasteiger partial charge in [0.15, 0.2) is 0 Å². The molecule has 0 spiro atoms. The van der Waals surface area contributed by atoms with E-state index in [1.54, 1.807) is 12.4 Å². The number of pyridine rings is 1. The third-order valence-corrected chi connectivity index (χ3v) is 1.25. The van der Waals surface area contributed by atoms with Crippen molar-refractivity contribution >= 4 is 5.70 Å². The Bertz CT molecular complexity index is 253. The smallest absolute Gasteiger partial charge is 0.0360 e. The highest BCUT2D eigenvalue weighted by Gasteiger charge is 1.92. The molecule has 0 aromatic carbocycles. The van der Waals surface area contributed by atoms with Crippen molar-refractivity contribution in [2.75, 3.05) is 0 Å². The lowest BCUT2D eigenvalue weighted by atomic mass is 10.2. The SMILES string of the molecule is C=C(N)c1cncc(C)c1. The summed E-state index contributed by atoms with van der Waals surface area (Å²) in [5.41, 5.74) is 8.02. The summed E-state index contributed by atoms with van der Waals surface area (Å²) in [7, 11) is 0. The highest BCUT2D eigenvalue weighted by molar-refractivity contribution is 5.59. The van der Waals surface area contributed by atoms with E-state index < -0.39 is 0 Å². The van der Waals surface area contributed by atoms with Gasteiger partial charge in [0, 0.05) is 23.7 Å². The Balaban J connectivity index is 3.07. The molecule has 2 N–H and O–H groups in total. The highest BCUT2D eigenvalue weighted by Crippen LogP contribution is 2.05. The van der Waals surface area contributed by atoms with E-state index in [9.17, 15) is 0 Å². The number of hydrogen-bond donors (Lipinski definition) is 1. The van der Waals surface area contributed by atoms with Gasteiger partial charge in [-0.2, -0.15) is 0 Å². The van der Waals surface area contributed by atoms with Crippen LogP contribution in [0.5, 0.6) is 0 Å². The van der Waals surface area contributed by atoms with E-state index >= 15 is 0 Å². The molecule has 1 heterocycles. The molecular weight excluding hydrogens is 124 g/mol. The monoisotopic (exact) mass is 134 g/mol. The van der Waals surface area contributed by atoms with Crippen LogP contribution in [0.1, 0.15) is 11.1 Å². The molecule has 0 aliphatic carbocycles. The van der Waals surface area contributed by atoms with Gasteiger partial charge >= 0.3 is 0 Å². The Morgan fingerprint density at radius 3 is 2.70 bits per heavy atom. The van der Waals surface area contributed by atoms with Crippen LogP contribution < -0.4 is 5.73 Å². The van der Waals surface area contributed by atoms with Gasteiger partial charge in [-0.25, -0.2) is 0 Å². The first-order valence-electron chi connectivity index (χ1n) is 3.06. The lowest BCUT2D eigenvalue weighted by Gasteiger charge is -1.98. The molecule has 0 radical (unpaired) electrons. The van der Waals surface area contributed by atoms with Crippen LogP contribution in [0.25, 0.3) is 5.70 Å². The number of hydrogen-bond acceptors (Lipinski definition) is 2. The van der Waals surface area contributed by atoms with Gasteiger partial charge in [0.2, 0.25) is 0 Å². The van der Waals surface area contributed by atoms with Crippen molar-refractivity contribution in [3.05, 3.63) is 36.2 Å². The van der Waals surface area contributed by atoms with E-state index in [4.69, 9.17) is 5.73 Å². The summed E-state index contributed by atoms with van der Waals surface area (Å²) in [6.07, 6.45) is 3.49. The fourth-order valence-corrected chi connectivity index (χ4v) is 0.731. The maximum absolute atomic E-state index is 5.45. The highest BCUT2D eigenvalue weighted by atomic mass is 14.6. The van der Waals surface area contributed by atoms with Gasteiger partial charge < -0.3 is 5.73 Å². The first-order valence-corrected chi connectivity index (χ1v) is 3.06. The molecule has 0 saturated heterocycles. The minimum absolute atomic E-state index is 0.566. The van der Waals surface area contributed by atoms with Crippen molar-refractivity contribution in [2.45, 2.75) is 6.92 Å². The number of nitrogens with two attached hydrogens (primary N) is 1. The molecule has 0 saturated carbocycles. The molecule has 0 aliphatic heterocycles. The molecule has 0 fully saturated rings. The van der Waals surface area contributed by atoms with Crippen molar-refractivity contribution in [2.24, 2.45) is 5.73 Å². The van der Waals surface area contributed by atoms with Crippen LogP contribution in [0.2, 0.25) is 0 Å². The van der Waals surface area contributed by atoms with Crippen molar-refractivity contribution in [3.8, 4) is 0 Å². The van der Waals surface area contributed by atoms with E-state index in [0.717, 1.165) is 11.1 Å². The second-order valence-corrected chi connectivity index (χ2v) is 2.28.